The molecule has 1 saturated heterocycles. The van der Waals surface area contributed by atoms with Crippen molar-refractivity contribution in [3.05, 3.63) is 76.3 Å². The first kappa shape index (κ1) is 18.1. The molecule has 0 aromatic heterocycles. The van der Waals surface area contributed by atoms with Gasteiger partial charge >= 0.3 is 0 Å². The third kappa shape index (κ3) is 3.23. The Morgan fingerprint density at radius 1 is 0.962 bits per heavy atom. The summed E-state index contributed by atoms with van der Waals surface area (Å²) < 4.78 is 28.1. The van der Waals surface area contributed by atoms with E-state index in [4.69, 9.17) is 23.2 Å². The number of halogens is 2. The minimum Gasteiger partial charge on any atom is -0.207 e. The molecule has 1 unspecified atom stereocenters. The van der Waals surface area contributed by atoms with Crippen LogP contribution in [0, 0.1) is 0 Å². The van der Waals surface area contributed by atoms with E-state index in [0.29, 0.717) is 21.5 Å². The molecule has 0 radical (unpaired) electrons. The van der Waals surface area contributed by atoms with Crippen molar-refractivity contribution >= 4 is 55.8 Å². The zero-order valence-corrected chi connectivity index (χ0v) is 16.7. The smallest absolute Gasteiger partial charge is 0.207 e. The first-order valence-electron chi connectivity index (χ1n) is 8.04. The number of sulfonamides is 1. The molecule has 26 heavy (non-hydrogen) atoms. The molecule has 1 aliphatic rings. The van der Waals surface area contributed by atoms with E-state index in [1.165, 1.54) is 4.31 Å². The van der Waals surface area contributed by atoms with Gasteiger partial charge in [-0.1, -0.05) is 59.6 Å². The molecule has 0 saturated carbocycles. The van der Waals surface area contributed by atoms with E-state index in [2.05, 4.69) is 0 Å². The van der Waals surface area contributed by atoms with Gasteiger partial charge < -0.3 is 0 Å². The SMILES string of the molecule is O=S(=O)(c1ccc2ccccc2c1)N1CCSC1c1ccc(Cl)cc1Cl. The van der Waals surface area contributed by atoms with Crippen molar-refractivity contribution < 1.29 is 8.42 Å². The van der Waals surface area contributed by atoms with Crippen LogP contribution in [0.2, 0.25) is 10.0 Å². The fourth-order valence-electron chi connectivity index (χ4n) is 3.11. The van der Waals surface area contributed by atoms with Crippen LogP contribution in [0.3, 0.4) is 0 Å². The summed E-state index contributed by atoms with van der Waals surface area (Å²) in [4.78, 5) is 0.300. The molecule has 0 spiro atoms. The maximum absolute atomic E-state index is 13.3. The molecular formula is C19H15Cl2NO2S2. The summed E-state index contributed by atoms with van der Waals surface area (Å²) >= 11 is 13.9. The maximum Gasteiger partial charge on any atom is 0.244 e. The monoisotopic (exact) mass is 423 g/mol. The molecule has 3 aromatic carbocycles. The molecular weight excluding hydrogens is 409 g/mol. The summed E-state index contributed by atoms with van der Waals surface area (Å²) in [5.41, 5.74) is 0.767. The number of thioether (sulfide) groups is 1. The standard InChI is InChI=1S/C19H15Cl2NO2S2/c20-15-6-8-17(18(21)12-15)19-22(9-10-25-19)26(23,24)16-7-5-13-3-1-2-4-14(13)11-16/h1-8,11-12,19H,9-10H2. The second-order valence-electron chi connectivity index (χ2n) is 6.01. The topological polar surface area (TPSA) is 37.4 Å². The molecule has 0 aliphatic carbocycles. The molecule has 1 aliphatic heterocycles. The summed E-state index contributed by atoms with van der Waals surface area (Å²) in [6.45, 7) is 0.448. The van der Waals surface area contributed by atoms with Crippen LogP contribution < -0.4 is 0 Å². The highest BCUT2D eigenvalue weighted by Crippen LogP contribution is 2.44. The largest absolute Gasteiger partial charge is 0.244 e. The zero-order valence-electron chi connectivity index (χ0n) is 13.6. The quantitative estimate of drug-likeness (QED) is 0.551. The van der Waals surface area contributed by atoms with Gasteiger partial charge in [-0.15, -0.1) is 11.8 Å². The summed E-state index contributed by atoms with van der Waals surface area (Å²) in [5, 5.41) is 2.58. The number of nitrogens with zero attached hydrogens (tertiary/aromatic N) is 1. The van der Waals surface area contributed by atoms with E-state index in [-0.39, 0.29) is 5.37 Å². The second kappa shape index (κ2) is 7.06. The van der Waals surface area contributed by atoms with Crippen molar-refractivity contribution in [2.75, 3.05) is 12.3 Å². The molecule has 4 rings (SSSR count). The van der Waals surface area contributed by atoms with Crippen molar-refractivity contribution in [2.24, 2.45) is 0 Å². The average molecular weight is 424 g/mol. The molecule has 7 heteroatoms. The Bertz CT molecular complexity index is 1090. The first-order chi connectivity index (χ1) is 12.5. The number of hydrogen-bond acceptors (Lipinski definition) is 3. The van der Waals surface area contributed by atoms with Crippen molar-refractivity contribution in [3.8, 4) is 0 Å². The Balaban J connectivity index is 1.75. The third-order valence-electron chi connectivity index (χ3n) is 4.41. The highest BCUT2D eigenvalue weighted by atomic mass is 35.5. The van der Waals surface area contributed by atoms with Crippen molar-refractivity contribution in [1.82, 2.24) is 4.31 Å². The van der Waals surface area contributed by atoms with Gasteiger partial charge in [0.05, 0.1) is 10.3 Å². The molecule has 0 amide bonds. The summed E-state index contributed by atoms with van der Waals surface area (Å²) in [5.74, 6) is 0.719. The minimum absolute atomic E-state index is 0.300. The van der Waals surface area contributed by atoms with E-state index in [0.717, 1.165) is 22.1 Å². The molecule has 1 atom stereocenters. The Labute approximate surface area is 167 Å². The van der Waals surface area contributed by atoms with Crippen LogP contribution in [0.15, 0.2) is 65.6 Å². The van der Waals surface area contributed by atoms with Crippen LogP contribution in [0.4, 0.5) is 0 Å². The van der Waals surface area contributed by atoms with E-state index < -0.39 is 10.0 Å². The lowest BCUT2D eigenvalue weighted by Gasteiger charge is -2.24. The van der Waals surface area contributed by atoms with Gasteiger partial charge in [-0.05, 0) is 40.6 Å². The molecule has 1 heterocycles. The maximum atomic E-state index is 13.3. The predicted molar refractivity (Wildman–Crippen MR) is 110 cm³/mol. The normalized spacial score (nSPS) is 18.5. The first-order valence-corrected chi connectivity index (χ1v) is 11.3. The summed E-state index contributed by atoms with van der Waals surface area (Å²) in [6.07, 6.45) is 0. The molecule has 1 fully saturated rings. The van der Waals surface area contributed by atoms with Gasteiger partial charge in [0.25, 0.3) is 0 Å². The molecule has 134 valence electrons. The Morgan fingerprint density at radius 2 is 1.73 bits per heavy atom. The molecule has 0 N–H and O–H groups in total. The number of fused-ring (bicyclic) bond motifs is 1. The summed E-state index contributed by atoms with van der Waals surface area (Å²) in [7, 11) is -3.63. The lowest BCUT2D eigenvalue weighted by Crippen LogP contribution is -2.30. The van der Waals surface area contributed by atoms with Crippen LogP contribution >= 0.6 is 35.0 Å². The van der Waals surface area contributed by atoms with Gasteiger partial charge in [0.2, 0.25) is 10.0 Å². The van der Waals surface area contributed by atoms with E-state index in [1.54, 1.807) is 42.1 Å². The average Bonchev–Trinajstić information content (AvgIpc) is 3.11. The predicted octanol–water partition coefficient (Wildman–Crippen LogP) is 5.58. The Hall–Kier alpha value is -1.24. The van der Waals surface area contributed by atoms with Crippen LogP contribution in [0.25, 0.3) is 10.8 Å². The van der Waals surface area contributed by atoms with Gasteiger partial charge in [-0.2, -0.15) is 4.31 Å². The molecule has 3 nitrogen and oxygen atoms in total. The van der Waals surface area contributed by atoms with Gasteiger partial charge in [0, 0.05) is 22.3 Å². The minimum atomic E-state index is -3.63. The fraction of sp³-hybridized carbons (Fsp3) is 0.158. The van der Waals surface area contributed by atoms with Crippen LogP contribution in [0.1, 0.15) is 10.9 Å². The second-order valence-corrected chi connectivity index (χ2v) is 9.94. The lowest BCUT2D eigenvalue weighted by atomic mass is 10.1. The zero-order chi connectivity index (χ0) is 18.3. The Kier molecular flexibility index (Phi) is 4.92. The Morgan fingerprint density at radius 3 is 2.50 bits per heavy atom. The van der Waals surface area contributed by atoms with Crippen molar-refractivity contribution in [2.45, 2.75) is 10.3 Å². The van der Waals surface area contributed by atoms with Crippen molar-refractivity contribution in [3.63, 3.8) is 0 Å². The van der Waals surface area contributed by atoms with Gasteiger partial charge in [0.1, 0.15) is 0 Å². The van der Waals surface area contributed by atoms with E-state index in [1.807, 2.05) is 30.3 Å². The van der Waals surface area contributed by atoms with Crippen LogP contribution in [0.5, 0.6) is 0 Å². The number of hydrogen-bond donors (Lipinski definition) is 0. The van der Waals surface area contributed by atoms with Crippen LogP contribution in [-0.4, -0.2) is 25.0 Å². The van der Waals surface area contributed by atoms with Gasteiger partial charge in [0.15, 0.2) is 0 Å². The van der Waals surface area contributed by atoms with Gasteiger partial charge in [-0.3, -0.25) is 0 Å². The molecule has 3 aromatic rings. The number of rotatable bonds is 3. The number of benzene rings is 3. The lowest BCUT2D eigenvalue weighted by molar-refractivity contribution is 0.434. The van der Waals surface area contributed by atoms with Gasteiger partial charge in [-0.25, -0.2) is 8.42 Å². The summed E-state index contributed by atoms with van der Waals surface area (Å²) in [6, 6.07) is 18.2. The highest BCUT2D eigenvalue weighted by molar-refractivity contribution is 8.01. The third-order valence-corrected chi connectivity index (χ3v) is 8.20. The van der Waals surface area contributed by atoms with E-state index in [9.17, 15) is 8.42 Å². The van der Waals surface area contributed by atoms with Crippen molar-refractivity contribution in [1.29, 1.82) is 0 Å². The molecule has 0 bridgehead atoms. The van der Waals surface area contributed by atoms with Crippen LogP contribution in [-0.2, 0) is 10.0 Å². The fourth-order valence-corrected chi connectivity index (χ4v) is 6.99. The van der Waals surface area contributed by atoms with E-state index >= 15 is 0 Å². The highest BCUT2D eigenvalue weighted by Gasteiger charge is 2.37.